The van der Waals surface area contributed by atoms with E-state index in [1.54, 1.807) is 6.07 Å². The van der Waals surface area contributed by atoms with Gasteiger partial charge in [-0.15, -0.1) is 0 Å². The summed E-state index contributed by atoms with van der Waals surface area (Å²) in [5, 5.41) is 7.75. The Labute approximate surface area is 125 Å². The van der Waals surface area contributed by atoms with Crippen LogP contribution in [0.5, 0.6) is 0 Å². The van der Waals surface area contributed by atoms with Crippen molar-refractivity contribution in [3.63, 3.8) is 0 Å². The summed E-state index contributed by atoms with van der Waals surface area (Å²) < 4.78 is 1.83. The van der Waals surface area contributed by atoms with E-state index in [9.17, 15) is 4.79 Å². The summed E-state index contributed by atoms with van der Waals surface area (Å²) in [7, 11) is 0. The van der Waals surface area contributed by atoms with Crippen molar-refractivity contribution in [2.45, 2.75) is 46.7 Å². The van der Waals surface area contributed by atoms with E-state index in [2.05, 4.69) is 43.3 Å². The van der Waals surface area contributed by atoms with Gasteiger partial charge in [0.15, 0.2) is 0 Å². The van der Waals surface area contributed by atoms with Crippen LogP contribution in [0.2, 0.25) is 0 Å². The van der Waals surface area contributed by atoms with Crippen LogP contribution in [0.25, 0.3) is 5.69 Å². The molecule has 0 atom stereocenters. The summed E-state index contributed by atoms with van der Waals surface area (Å²) in [4.78, 5) is 12.0. The first kappa shape index (κ1) is 15.4. The fourth-order valence-corrected chi connectivity index (χ4v) is 2.14. The van der Waals surface area contributed by atoms with E-state index in [0.717, 1.165) is 17.8 Å². The normalized spacial score (nSPS) is 11.1. The molecule has 0 bridgehead atoms. The van der Waals surface area contributed by atoms with Gasteiger partial charge in [0.2, 0.25) is 5.43 Å². The SMILES string of the molecule is CCc1ccc(-n2nc(CNC(C)C)c(=O)cc2C)cc1. The molecule has 0 spiro atoms. The third-order valence-electron chi connectivity index (χ3n) is 3.45. The van der Waals surface area contributed by atoms with E-state index in [1.807, 2.05) is 23.7 Å². The lowest BCUT2D eigenvalue weighted by molar-refractivity contribution is 0.568. The molecule has 1 heterocycles. The van der Waals surface area contributed by atoms with Crippen LogP contribution in [0.15, 0.2) is 35.1 Å². The second-order valence-electron chi connectivity index (χ2n) is 5.56. The van der Waals surface area contributed by atoms with Gasteiger partial charge in [0.25, 0.3) is 0 Å². The van der Waals surface area contributed by atoms with Crippen molar-refractivity contribution >= 4 is 0 Å². The summed E-state index contributed by atoms with van der Waals surface area (Å²) in [6, 6.07) is 10.3. The van der Waals surface area contributed by atoms with Gasteiger partial charge >= 0.3 is 0 Å². The minimum absolute atomic E-state index is 0.0120. The molecule has 0 saturated carbocycles. The van der Waals surface area contributed by atoms with Crippen molar-refractivity contribution in [3.05, 3.63) is 57.5 Å². The molecule has 4 nitrogen and oxygen atoms in total. The van der Waals surface area contributed by atoms with E-state index < -0.39 is 0 Å². The molecule has 112 valence electrons. The lowest BCUT2D eigenvalue weighted by Gasteiger charge is -2.13. The number of hydrogen-bond donors (Lipinski definition) is 1. The predicted molar refractivity (Wildman–Crippen MR) is 85.9 cm³/mol. The zero-order valence-electron chi connectivity index (χ0n) is 13.2. The first-order valence-corrected chi connectivity index (χ1v) is 7.43. The Morgan fingerprint density at radius 2 is 1.90 bits per heavy atom. The van der Waals surface area contributed by atoms with Crippen LogP contribution >= 0.6 is 0 Å². The quantitative estimate of drug-likeness (QED) is 0.918. The molecule has 1 aromatic carbocycles. The zero-order chi connectivity index (χ0) is 15.4. The maximum absolute atomic E-state index is 12.0. The molecular formula is C17H23N3O. The molecule has 0 saturated heterocycles. The average molecular weight is 285 g/mol. The summed E-state index contributed by atoms with van der Waals surface area (Å²) in [5.41, 5.74) is 3.66. The third-order valence-corrected chi connectivity index (χ3v) is 3.45. The van der Waals surface area contributed by atoms with Crippen LogP contribution in [0, 0.1) is 6.92 Å². The average Bonchev–Trinajstić information content (AvgIpc) is 2.46. The fraction of sp³-hybridized carbons (Fsp3) is 0.412. The molecule has 0 aliphatic carbocycles. The van der Waals surface area contributed by atoms with Gasteiger partial charge in [-0.05, 0) is 31.0 Å². The Hall–Kier alpha value is -1.94. The van der Waals surface area contributed by atoms with E-state index in [-0.39, 0.29) is 5.43 Å². The molecule has 21 heavy (non-hydrogen) atoms. The van der Waals surface area contributed by atoms with E-state index in [4.69, 9.17) is 0 Å². The number of aromatic nitrogens is 2. The number of rotatable bonds is 5. The summed E-state index contributed by atoms with van der Waals surface area (Å²) in [6.07, 6.45) is 1.01. The third kappa shape index (κ3) is 3.79. The summed E-state index contributed by atoms with van der Waals surface area (Å²) in [6.45, 7) is 8.63. The van der Waals surface area contributed by atoms with E-state index in [1.165, 1.54) is 5.56 Å². The largest absolute Gasteiger partial charge is 0.309 e. The topological polar surface area (TPSA) is 46.9 Å². The van der Waals surface area contributed by atoms with Crippen molar-refractivity contribution in [3.8, 4) is 5.69 Å². The smallest absolute Gasteiger partial charge is 0.204 e. The van der Waals surface area contributed by atoms with Crippen molar-refractivity contribution in [1.29, 1.82) is 0 Å². The maximum atomic E-state index is 12.0. The highest BCUT2D eigenvalue weighted by Gasteiger charge is 2.08. The van der Waals surface area contributed by atoms with Crippen molar-refractivity contribution in [2.75, 3.05) is 0 Å². The number of aryl methyl sites for hydroxylation is 2. The van der Waals surface area contributed by atoms with Gasteiger partial charge in [0.1, 0.15) is 5.69 Å². The molecule has 0 unspecified atom stereocenters. The highest BCUT2D eigenvalue weighted by atomic mass is 16.1. The Kier molecular flexibility index (Phi) is 4.91. The molecule has 4 heteroatoms. The molecule has 1 N–H and O–H groups in total. The molecule has 1 aromatic heterocycles. The van der Waals surface area contributed by atoms with Gasteiger partial charge in [0, 0.05) is 24.3 Å². The number of nitrogens with zero attached hydrogens (tertiary/aromatic N) is 2. The number of benzene rings is 1. The van der Waals surface area contributed by atoms with Crippen LogP contribution in [-0.2, 0) is 13.0 Å². The molecular weight excluding hydrogens is 262 g/mol. The van der Waals surface area contributed by atoms with Crippen LogP contribution < -0.4 is 10.7 Å². The number of hydrogen-bond acceptors (Lipinski definition) is 3. The number of nitrogens with one attached hydrogen (secondary N) is 1. The predicted octanol–water partition coefficient (Wildman–Crippen LogP) is 2.60. The lowest BCUT2D eigenvalue weighted by atomic mass is 10.1. The maximum Gasteiger partial charge on any atom is 0.204 e. The van der Waals surface area contributed by atoms with Gasteiger partial charge in [-0.1, -0.05) is 32.9 Å². The lowest BCUT2D eigenvalue weighted by Crippen LogP contribution is -2.28. The zero-order valence-corrected chi connectivity index (χ0v) is 13.2. The first-order chi connectivity index (χ1) is 10.0. The molecule has 0 amide bonds. The minimum atomic E-state index is -0.0120. The van der Waals surface area contributed by atoms with Crippen LogP contribution in [0.4, 0.5) is 0 Å². The summed E-state index contributed by atoms with van der Waals surface area (Å²) >= 11 is 0. The van der Waals surface area contributed by atoms with Gasteiger partial charge < -0.3 is 5.32 Å². The fourth-order valence-electron chi connectivity index (χ4n) is 2.14. The Morgan fingerprint density at radius 1 is 1.24 bits per heavy atom. The highest BCUT2D eigenvalue weighted by molar-refractivity contribution is 5.35. The van der Waals surface area contributed by atoms with Crippen LogP contribution in [-0.4, -0.2) is 15.8 Å². The van der Waals surface area contributed by atoms with E-state index >= 15 is 0 Å². The second-order valence-corrected chi connectivity index (χ2v) is 5.56. The Bertz CT molecular complexity index is 657. The first-order valence-electron chi connectivity index (χ1n) is 7.43. The standard InChI is InChI=1S/C17H23N3O/c1-5-14-6-8-15(9-7-14)20-13(4)10-17(21)16(19-20)11-18-12(2)3/h6-10,12,18H,5,11H2,1-4H3. The van der Waals surface area contributed by atoms with Crippen molar-refractivity contribution in [1.82, 2.24) is 15.1 Å². The second kappa shape index (κ2) is 6.68. The molecule has 2 aromatic rings. The van der Waals surface area contributed by atoms with Gasteiger partial charge in [-0.25, -0.2) is 4.68 Å². The monoisotopic (exact) mass is 285 g/mol. The molecule has 0 fully saturated rings. The molecule has 0 aliphatic heterocycles. The molecule has 0 radical (unpaired) electrons. The Balaban J connectivity index is 2.37. The minimum Gasteiger partial charge on any atom is -0.309 e. The van der Waals surface area contributed by atoms with Crippen molar-refractivity contribution < 1.29 is 0 Å². The van der Waals surface area contributed by atoms with Gasteiger partial charge in [-0.3, -0.25) is 4.79 Å². The summed E-state index contributed by atoms with van der Waals surface area (Å²) in [5.74, 6) is 0. The van der Waals surface area contributed by atoms with E-state index in [0.29, 0.717) is 18.3 Å². The Morgan fingerprint density at radius 3 is 2.48 bits per heavy atom. The molecule has 0 aliphatic rings. The van der Waals surface area contributed by atoms with Gasteiger partial charge in [-0.2, -0.15) is 5.10 Å². The highest BCUT2D eigenvalue weighted by Crippen LogP contribution is 2.11. The van der Waals surface area contributed by atoms with Gasteiger partial charge in [0.05, 0.1) is 5.69 Å². The van der Waals surface area contributed by atoms with Crippen LogP contribution in [0.3, 0.4) is 0 Å². The molecule has 2 rings (SSSR count). The van der Waals surface area contributed by atoms with Crippen molar-refractivity contribution in [2.24, 2.45) is 0 Å². The van der Waals surface area contributed by atoms with Crippen LogP contribution in [0.1, 0.15) is 37.7 Å².